The van der Waals surface area contributed by atoms with Gasteiger partial charge in [-0.3, -0.25) is 14.8 Å². The minimum Gasteiger partial charge on any atom is -0.396 e. The molecular weight excluding hydrogens is 208 g/mol. The van der Waals surface area contributed by atoms with E-state index < -0.39 is 0 Å². The molecule has 2 aromatic heterocycles. The molecule has 0 aromatic carbocycles. The molecule has 3 N–H and O–H groups in total. The van der Waals surface area contributed by atoms with Crippen molar-refractivity contribution < 1.29 is 9.67 Å². The highest BCUT2D eigenvalue weighted by Gasteiger charge is 2.31. The number of nitrogens with one attached hydrogen (secondary N) is 2. The number of aromatic nitrogens is 4. The molecule has 82 valence electrons. The van der Waals surface area contributed by atoms with Gasteiger partial charge in [-0.15, -0.1) is 0 Å². The van der Waals surface area contributed by atoms with Gasteiger partial charge in [0, 0.05) is 5.92 Å². The fraction of sp³-hybridized carbons (Fsp3) is 0.300. The zero-order valence-corrected chi connectivity index (χ0v) is 8.42. The first kappa shape index (κ1) is 9.29. The van der Waals surface area contributed by atoms with Crippen molar-refractivity contribution in [3.05, 3.63) is 35.2 Å². The first-order valence-corrected chi connectivity index (χ1v) is 5.06. The van der Waals surface area contributed by atoms with E-state index in [-0.39, 0.29) is 24.1 Å². The smallest absolute Gasteiger partial charge is 0.309 e. The number of rotatable bonds is 2. The zero-order chi connectivity index (χ0) is 11.1. The Bertz CT molecular complexity index is 613. The van der Waals surface area contributed by atoms with Crippen molar-refractivity contribution in [1.82, 2.24) is 15.0 Å². The van der Waals surface area contributed by atoms with E-state index in [1.54, 1.807) is 6.33 Å². The summed E-state index contributed by atoms with van der Waals surface area (Å²) in [4.78, 5) is 21.0. The van der Waals surface area contributed by atoms with Crippen molar-refractivity contribution in [2.45, 2.75) is 6.04 Å². The van der Waals surface area contributed by atoms with Gasteiger partial charge in [0.1, 0.15) is 6.04 Å². The Morgan fingerprint density at radius 1 is 1.44 bits per heavy atom. The maximum Gasteiger partial charge on any atom is 0.309 e. The van der Waals surface area contributed by atoms with Crippen molar-refractivity contribution in [2.24, 2.45) is 5.92 Å². The molecule has 3 rings (SSSR count). The molecule has 0 aliphatic heterocycles. The van der Waals surface area contributed by atoms with E-state index in [1.807, 2.05) is 16.7 Å². The minimum atomic E-state index is -0.187. The second-order valence-electron chi connectivity index (χ2n) is 3.83. The average Bonchev–Trinajstić information content (AvgIpc) is 2.63. The Labute approximate surface area is 90.3 Å². The van der Waals surface area contributed by atoms with Crippen molar-refractivity contribution in [2.75, 3.05) is 6.61 Å². The van der Waals surface area contributed by atoms with Gasteiger partial charge >= 0.3 is 5.65 Å². The molecule has 2 atom stereocenters. The van der Waals surface area contributed by atoms with Gasteiger partial charge in [0.05, 0.1) is 6.61 Å². The molecule has 0 radical (unpaired) electrons. The number of fused-ring (bicyclic) bond motifs is 1. The number of nitrogens with zero attached hydrogens (tertiary/aromatic N) is 2. The summed E-state index contributed by atoms with van der Waals surface area (Å²) in [5.74, 6) is 0.102. The van der Waals surface area contributed by atoms with Crippen LogP contribution in [0.3, 0.4) is 0 Å². The maximum atomic E-state index is 11.5. The van der Waals surface area contributed by atoms with Gasteiger partial charge in [0.2, 0.25) is 5.52 Å². The number of allylic oxidation sites excluding steroid dienone is 1. The van der Waals surface area contributed by atoms with Crippen molar-refractivity contribution in [3.63, 3.8) is 0 Å². The lowest BCUT2D eigenvalue weighted by molar-refractivity contribution is -0.698. The van der Waals surface area contributed by atoms with Gasteiger partial charge < -0.3 is 5.11 Å². The largest absolute Gasteiger partial charge is 0.396 e. The molecule has 1 aliphatic rings. The van der Waals surface area contributed by atoms with Crippen LogP contribution in [0.5, 0.6) is 0 Å². The molecule has 6 nitrogen and oxygen atoms in total. The van der Waals surface area contributed by atoms with Gasteiger partial charge in [0.25, 0.3) is 5.56 Å². The van der Waals surface area contributed by atoms with Crippen LogP contribution in [0.1, 0.15) is 6.04 Å². The van der Waals surface area contributed by atoms with E-state index >= 15 is 0 Å². The summed E-state index contributed by atoms with van der Waals surface area (Å²) in [6.45, 7) is 0.101. The quantitative estimate of drug-likeness (QED) is 0.459. The molecule has 1 aliphatic carbocycles. The fourth-order valence-electron chi connectivity index (χ4n) is 1.97. The molecule has 0 unspecified atom stereocenters. The first-order valence-electron chi connectivity index (χ1n) is 5.06. The highest BCUT2D eigenvalue weighted by Crippen LogP contribution is 2.25. The Morgan fingerprint density at radius 2 is 2.31 bits per heavy atom. The van der Waals surface area contributed by atoms with Gasteiger partial charge in [0.15, 0.2) is 12.7 Å². The van der Waals surface area contributed by atoms with Crippen LogP contribution >= 0.6 is 0 Å². The van der Waals surface area contributed by atoms with E-state index in [1.165, 1.54) is 6.33 Å². The molecule has 0 fully saturated rings. The minimum absolute atomic E-state index is 0.0769. The molecule has 2 heterocycles. The van der Waals surface area contributed by atoms with Crippen LogP contribution in [0.4, 0.5) is 0 Å². The lowest BCUT2D eigenvalue weighted by Gasteiger charge is -2.25. The fourth-order valence-corrected chi connectivity index (χ4v) is 1.97. The summed E-state index contributed by atoms with van der Waals surface area (Å²) in [6, 6.07) is 0.0769. The number of aromatic amines is 2. The van der Waals surface area contributed by atoms with Crippen LogP contribution in [0.2, 0.25) is 0 Å². The molecule has 16 heavy (non-hydrogen) atoms. The maximum absolute atomic E-state index is 11.5. The normalized spacial score (nSPS) is 23.6. The SMILES string of the molecule is O=c1[nH]cnc2c1[nH]c[n+]2[C@H]1C=C[C@H]1CO. The van der Waals surface area contributed by atoms with Gasteiger partial charge in [-0.05, 0) is 0 Å². The Kier molecular flexibility index (Phi) is 1.90. The summed E-state index contributed by atoms with van der Waals surface area (Å²) in [5.41, 5.74) is 0.878. The van der Waals surface area contributed by atoms with E-state index in [4.69, 9.17) is 5.11 Å². The molecule has 0 bridgehead atoms. The zero-order valence-electron chi connectivity index (χ0n) is 8.42. The highest BCUT2D eigenvalue weighted by molar-refractivity contribution is 5.64. The Balaban J connectivity index is 2.16. The molecule has 2 aromatic rings. The molecule has 0 spiro atoms. The van der Waals surface area contributed by atoms with Crippen molar-refractivity contribution in [1.29, 1.82) is 0 Å². The number of aliphatic hydroxyl groups excluding tert-OH is 1. The summed E-state index contributed by atoms with van der Waals surface area (Å²) >= 11 is 0. The van der Waals surface area contributed by atoms with Gasteiger partial charge in [-0.25, -0.2) is 4.57 Å². The van der Waals surface area contributed by atoms with Gasteiger partial charge in [-0.1, -0.05) is 17.1 Å². The third-order valence-electron chi connectivity index (χ3n) is 2.95. The van der Waals surface area contributed by atoms with Crippen molar-refractivity contribution >= 4 is 11.2 Å². The third-order valence-corrected chi connectivity index (χ3v) is 2.95. The van der Waals surface area contributed by atoms with Crippen LogP contribution in [0.15, 0.2) is 29.6 Å². The van der Waals surface area contributed by atoms with E-state index in [9.17, 15) is 4.79 Å². The number of H-pyrrole nitrogens is 2. The summed E-state index contributed by atoms with van der Waals surface area (Å²) in [6.07, 6.45) is 7.02. The highest BCUT2D eigenvalue weighted by atomic mass is 16.3. The standard InChI is InChI=1S/C10H10N4O2/c15-3-6-1-2-7(6)14-5-13-8-9(14)11-4-12-10(8)16/h1-2,4-7,15H,3H2,(H,11,12,16)/p+1/t6-,7-/m0/s1. The van der Waals surface area contributed by atoms with Crippen LogP contribution in [0, 0.1) is 5.92 Å². The Hall–Kier alpha value is -1.95. The third kappa shape index (κ3) is 1.13. The summed E-state index contributed by atoms with van der Waals surface area (Å²) < 4.78 is 1.87. The molecule has 0 amide bonds. The van der Waals surface area contributed by atoms with Crippen LogP contribution in [-0.2, 0) is 0 Å². The van der Waals surface area contributed by atoms with E-state index in [0.29, 0.717) is 11.2 Å². The second-order valence-corrected chi connectivity index (χ2v) is 3.83. The number of hydrogen-bond acceptors (Lipinski definition) is 3. The lowest BCUT2D eigenvalue weighted by atomic mass is 9.89. The number of imidazole rings is 1. The van der Waals surface area contributed by atoms with Gasteiger partial charge in [-0.2, -0.15) is 0 Å². The van der Waals surface area contributed by atoms with Crippen LogP contribution in [-0.4, -0.2) is 26.7 Å². The number of hydrogen-bond donors (Lipinski definition) is 3. The molecule has 0 saturated heterocycles. The second kappa shape index (κ2) is 3.28. The molecule has 6 heteroatoms. The molecule has 0 saturated carbocycles. The average molecular weight is 219 g/mol. The number of aliphatic hydroxyl groups is 1. The summed E-state index contributed by atoms with van der Waals surface area (Å²) in [7, 11) is 0. The lowest BCUT2D eigenvalue weighted by Crippen LogP contribution is -2.46. The predicted molar refractivity (Wildman–Crippen MR) is 55.7 cm³/mol. The first-order chi connectivity index (χ1) is 7.81. The summed E-state index contributed by atoms with van der Waals surface area (Å²) in [5, 5.41) is 9.12. The van der Waals surface area contributed by atoms with E-state index in [2.05, 4.69) is 15.0 Å². The Morgan fingerprint density at radius 3 is 3.00 bits per heavy atom. The van der Waals surface area contributed by atoms with E-state index in [0.717, 1.165) is 0 Å². The monoisotopic (exact) mass is 219 g/mol. The van der Waals surface area contributed by atoms with Crippen LogP contribution < -0.4 is 10.1 Å². The van der Waals surface area contributed by atoms with Crippen LogP contribution in [0.25, 0.3) is 11.2 Å². The predicted octanol–water partition coefficient (Wildman–Crippen LogP) is -0.742. The topological polar surface area (TPSA) is 85.7 Å². The molecular formula is C10H11N4O2+. The van der Waals surface area contributed by atoms with Crippen molar-refractivity contribution in [3.8, 4) is 0 Å².